The third-order valence-corrected chi connectivity index (χ3v) is 3.48. The van der Waals surface area contributed by atoms with Crippen molar-refractivity contribution in [3.63, 3.8) is 0 Å². The highest BCUT2D eigenvalue weighted by atomic mass is 32.2. The summed E-state index contributed by atoms with van der Waals surface area (Å²) in [4.78, 5) is 32.8. The fourth-order valence-corrected chi connectivity index (χ4v) is 2.14. The molecule has 2 amide bonds. The summed E-state index contributed by atoms with van der Waals surface area (Å²) >= 11 is 1.27. The van der Waals surface area contributed by atoms with Crippen molar-refractivity contribution < 1.29 is 9.59 Å². The SMILES string of the molecule is CN(CC(=O)NC1CC1)C(=O)CSc1ncccn1. The van der Waals surface area contributed by atoms with E-state index in [-0.39, 0.29) is 24.1 Å². The van der Waals surface area contributed by atoms with Crippen molar-refractivity contribution in [2.75, 3.05) is 19.3 Å². The predicted molar refractivity (Wildman–Crippen MR) is 71.6 cm³/mol. The van der Waals surface area contributed by atoms with Crippen LogP contribution in [0.15, 0.2) is 23.6 Å². The van der Waals surface area contributed by atoms with Crippen LogP contribution < -0.4 is 5.32 Å². The number of carbonyl (C=O) groups is 2. The van der Waals surface area contributed by atoms with E-state index in [1.165, 1.54) is 16.7 Å². The Morgan fingerprint density at radius 2 is 2.11 bits per heavy atom. The monoisotopic (exact) mass is 280 g/mol. The van der Waals surface area contributed by atoms with Crippen LogP contribution in [0.1, 0.15) is 12.8 Å². The Morgan fingerprint density at radius 3 is 2.74 bits per heavy atom. The molecule has 1 aliphatic rings. The topological polar surface area (TPSA) is 75.2 Å². The maximum Gasteiger partial charge on any atom is 0.239 e. The van der Waals surface area contributed by atoms with Gasteiger partial charge < -0.3 is 10.2 Å². The zero-order valence-electron chi connectivity index (χ0n) is 10.7. The van der Waals surface area contributed by atoms with Crippen molar-refractivity contribution >= 4 is 23.6 Å². The molecule has 1 aromatic heterocycles. The van der Waals surface area contributed by atoms with Gasteiger partial charge in [-0.2, -0.15) is 0 Å². The van der Waals surface area contributed by atoms with Gasteiger partial charge in [0.1, 0.15) is 0 Å². The van der Waals surface area contributed by atoms with Gasteiger partial charge in [-0.3, -0.25) is 9.59 Å². The van der Waals surface area contributed by atoms with E-state index < -0.39 is 0 Å². The van der Waals surface area contributed by atoms with Crippen LogP contribution in [0.5, 0.6) is 0 Å². The number of hydrogen-bond donors (Lipinski definition) is 1. The minimum absolute atomic E-state index is 0.0979. The number of nitrogens with one attached hydrogen (secondary N) is 1. The summed E-state index contributed by atoms with van der Waals surface area (Å²) < 4.78 is 0. The van der Waals surface area contributed by atoms with Gasteiger partial charge in [-0.1, -0.05) is 11.8 Å². The maximum absolute atomic E-state index is 11.8. The molecule has 1 N–H and O–H groups in total. The molecule has 0 aliphatic heterocycles. The Balaban J connectivity index is 1.71. The highest BCUT2D eigenvalue weighted by molar-refractivity contribution is 7.99. The molecular formula is C12H16N4O2S. The van der Waals surface area contributed by atoms with Crippen LogP contribution >= 0.6 is 11.8 Å². The first-order valence-electron chi connectivity index (χ1n) is 6.08. The van der Waals surface area contributed by atoms with Gasteiger partial charge in [-0.15, -0.1) is 0 Å². The molecule has 7 heteroatoms. The zero-order valence-corrected chi connectivity index (χ0v) is 11.5. The van der Waals surface area contributed by atoms with E-state index in [2.05, 4.69) is 15.3 Å². The third kappa shape index (κ3) is 4.86. The lowest BCUT2D eigenvalue weighted by Gasteiger charge is -2.16. The highest BCUT2D eigenvalue weighted by Gasteiger charge is 2.24. The van der Waals surface area contributed by atoms with Crippen LogP contribution in [0, 0.1) is 0 Å². The Hall–Kier alpha value is -1.63. The van der Waals surface area contributed by atoms with Crippen molar-refractivity contribution in [1.29, 1.82) is 0 Å². The van der Waals surface area contributed by atoms with Crippen LogP contribution in [0.25, 0.3) is 0 Å². The summed E-state index contributed by atoms with van der Waals surface area (Å²) in [6.45, 7) is 0.103. The van der Waals surface area contributed by atoms with Crippen molar-refractivity contribution in [2.45, 2.75) is 24.0 Å². The van der Waals surface area contributed by atoms with Crippen molar-refractivity contribution in [3.05, 3.63) is 18.5 Å². The van der Waals surface area contributed by atoms with E-state index in [0.29, 0.717) is 11.2 Å². The fraction of sp³-hybridized carbons (Fsp3) is 0.500. The molecule has 0 saturated heterocycles. The van der Waals surface area contributed by atoms with Gasteiger partial charge in [0.25, 0.3) is 0 Å². The smallest absolute Gasteiger partial charge is 0.239 e. The van der Waals surface area contributed by atoms with Gasteiger partial charge in [-0.25, -0.2) is 9.97 Å². The lowest BCUT2D eigenvalue weighted by molar-refractivity contribution is -0.132. The van der Waals surface area contributed by atoms with Crippen LogP contribution in [-0.2, 0) is 9.59 Å². The second kappa shape index (κ2) is 6.51. The first-order valence-corrected chi connectivity index (χ1v) is 7.07. The van der Waals surface area contributed by atoms with Crippen LogP contribution in [0.3, 0.4) is 0 Å². The van der Waals surface area contributed by atoms with Crippen LogP contribution in [0.4, 0.5) is 0 Å². The third-order valence-electron chi connectivity index (χ3n) is 2.62. The molecule has 1 fully saturated rings. The summed E-state index contributed by atoms with van der Waals surface area (Å²) in [6, 6.07) is 2.04. The number of rotatable bonds is 6. The summed E-state index contributed by atoms with van der Waals surface area (Å²) in [5, 5.41) is 3.41. The first kappa shape index (κ1) is 13.8. The molecule has 0 aromatic carbocycles. The van der Waals surface area contributed by atoms with Crippen molar-refractivity contribution in [2.24, 2.45) is 0 Å². The molecule has 0 spiro atoms. The molecule has 1 aromatic rings. The van der Waals surface area contributed by atoms with Crippen LogP contribution in [0.2, 0.25) is 0 Å². The molecule has 1 aliphatic carbocycles. The first-order chi connectivity index (χ1) is 9.15. The average molecular weight is 280 g/mol. The summed E-state index contributed by atoms with van der Waals surface area (Å²) in [5.74, 6) is 0.0275. The number of likely N-dealkylation sites (N-methyl/N-ethyl adjacent to an activating group) is 1. The zero-order chi connectivity index (χ0) is 13.7. The number of thioether (sulfide) groups is 1. The molecule has 0 atom stereocenters. The second-order valence-electron chi connectivity index (χ2n) is 4.41. The van der Waals surface area contributed by atoms with Crippen LogP contribution in [-0.4, -0.2) is 52.1 Å². The molecule has 19 heavy (non-hydrogen) atoms. The van der Waals surface area contributed by atoms with E-state index in [4.69, 9.17) is 0 Å². The molecule has 102 valence electrons. The Morgan fingerprint density at radius 1 is 1.42 bits per heavy atom. The largest absolute Gasteiger partial charge is 0.352 e. The Labute approximate surface area is 116 Å². The standard InChI is InChI=1S/C12H16N4O2S/c1-16(7-10(17)15-9-3-4-9)11(18)8-19-12-13-5-2-6-14-12/h2,5-6,9H,3-4,7-8H2,1H3,(H,15,17). The lowest BCUT2D eigenvalue weighted by atomic mass is 10.5. The van der Waals surface area contributed by atoms with E-state index >= 15 is 0 Å². The minimum Gasteiger partial charge on any atom is -0.352 e. The minimum atomic E-state index is -0.108. The van der Waals surface area contributed by atoms with E-state index in [1.54, 1.807) is 25.5 Å². The van der Waals surface area contributed by atoms with Gasteiger partial charge in [0.15, 0.2) is 5.16 Å². The number of aromatic nitrogens is 2. The summed E-state index contributed by atoms with van der Waals surface area (Å²) in [6.07, 6.45) is 5.36. The average Bonchev–Trinajstić information content (AvgIpc) is 3.20. The van der Waals surface area contributed by atoms with Gasteiger partial charge in [0.2, 0.25) is 11.8 Å². The van der Waals surface area contributed by atoms with E-state index in [1.807, 2.05) is 0 Å². The fourth-order valence-electron chi connectivity index (χ4n) is 1.40. The van der Waals surface area contributed by atoms with Crippen molar-refractivity contribution in [1.82, 2.24) is 20.2 Å². The van der Waals surface area contributed by atoms with Crippen molar-refractivity contribution in [3.8, 4) is 0 Å². The molecule has 2 rings (SSSR count). The lowest BCUT2D eigenvalue weighted by Crippen LogP contribution is -2.39. The molecule has 1 heterocycles. The number of amides is 2. The highest BCUT2D eigenvalue weighted by Crippen LogP contribution is 2.18. The molecular weight excluding hydrogens is 264 g/mol. The van der Waals surface area contributed by atoms with Gasteiger partial charge in [0, 0.05) is 25.5 Å². The molecule has 0 unspecified atom stereocenters. The number of nitrogens with zero attached hydrogens (tertiary/aromatic N) is 3. The van der Waals surface area contributed by atoms with Gasteiger partial charge in [0.05, 0.1) is 12.3 Å². The number of carbonyl (C=O) groups excluding carboxylic acids is 2. The predicted octanol–water partition coefficient (Wildman–Crippen LogP) is 0.306. The van der Waals surface area contributed by atoms with Gasteiger partial charge >= 0.3 is 0 Å². The van der Waals surface area contributed by atoms with E-state index in [9.17, 15) is 9.59 Å². The molecule has 0 radical (unpaired) electrons. The molecule has 1 saturated carbocycles. The normalized spacial score (nSPS) is 13.9. The number of hydrogen-bond acceptors (Lipinski definition) is 5. The molecule has 0 bridgehead atoms. The van der Waals surface area contributed by atoms with E-state index in [0.717, 1.165) is 12.8 Å². The summed E-state index contributed by atoms with van der Waals surface area (Å²) in [7, 11) is 1.63. The quantitative estimate of drug-likeness (QED) is 0.599. The Bertz CT molecular complexity index is 450. The summed E-state index contributed by atoms with van der Waals surface area (Å²) in [5.41, 5.74) is 0. The Kier molecular flexibility index (Phi) is 4.73. The maximum atomic E-state index is 11.8. The van der Waals surface area contributed by atoms with Gasteiger partial charge in [-0.05, 0) is 18.9 Å². The second-order valence-corrected chi connectivity index (χ2v) is 5.35. The molecule has 6 nitrogen and oxygen atoms in total.